The van der Waals surface area contributed by atoms with E-state index >= 15 is 0 Å². The van der Waals surface area contributed by atoms with Crippen LogP contribution in [-0.2, 0) is 9.53 Å². The summed E-state index contributed by atoms with van der Waals surface area (Å²) in [5, 5.41) is 9.22. The fourth-order valence-electron chi connectivity index (χ4n) is 4.00. The highest BCUT2D eigenvalue weighted by Gasteiger charge is 2.39. The first-order valence-corrected chi connectivity index (χ1v) is 9.35. The Hall–Kier alpha value is -1.92. The smallest absolute Gasteiger partial charge is 0.335 e. The molecule has 2 saturated heterocycles. The van der Waals surface area contributed by atoms with Crippen molar-refractivity contribution in [1.82, 2.24) is 9.80 Å². The van der Waals surface area contributed by atoms with Crippen molar-refractivity contribution in [2.45, 2.75) is 38.1 Å². The molecular weight excluding hydrogens is 332 g/mol. The minimum absolute atomic E-state index is 0.151. The lowest BCUT2D eigenvalue weighted by Crippen LogP contribution is -2.60. The lowest BCUT2D eigenvalue weighted by Gasteiger charge is -2.44. The average molecular weight is 360 g/mol. The monoisotopic (exact) mass is 360 g/mol. The van der Waals surface area contributed by atoms with E-state index in [1.54, 1.807) is 18.2 Å². The van der Waals surface area contributed by atoms with Crippen LogP contribution < -0.4 is 0 Å². The molecule has 0 radical (unpaired) electrons. The molecule has 26 heavy (non-hydrogen) atoms. The molecule has 1 aromatic carbocycles. The Morgan fingerprint density at radius 1 is 1.19 bits per heavy atom. The van der Waals surface area contributed by atoms with Gasteiger partial charge in [0.2, 0.25) is 5.91 Å². The highest BCUT2D eigenvalue weighted by atomic mass is 16.5. The summed E-state index contributed by atoms with van der Waals surface area (Å²) in [5.74, 6) is -0.574. The number of amides is 1. The van der Waals surface area contributed by atoms with Gasteiger partial charge in [0.15, 0.2) is 0 Å². The number of likely N-dealkylation sites (tertiary alicyclic amines) is 1. The number of carbonyl (C=O) groups is 2. The average Bonchev–Trinajstić information content (AvgIpc) is 2.68. The third kappa shape index (κ3) is 3.91. The molecule has 0 aromatic heterocycles. The number of benzene rings is 1. The first kappa shape index (κ1) is 18.9. The highest BCUT2D eigenvalue weighted by molar-refractivity contribution is 5.88. The van der Waals surface area contributed by atoms with Gasteiger partial charge in [-0.25, -0.2) is 4.79 Å². The van der Waals surface area contributed by atoms with Crippen LogP contribution in [0.25, 0.3) is 0 Å². The van der Waals surface area contributed by atoms with E-state index in [9.17, 15) is 14.7 Å². The van der Waals surface area contributed by atoms with E-state index in [4.69, 9.17) is 4.74 Å². The minimum Gasteiger partial charge on any atom is -0.478 e. The van der Waals surface area contributed by atoms with Crippen molar-refractivity contribution in [2.75, 3.05) is 39.4 Å². The van der Waals surface area contributed by atoms with Gasteiger partial charge in [-0.2, -0.15) is 0 Å². The van der Waals surface area contributed by atoms with Crippen molar-refractivity contribution in [1.29, 1.82) is 0 Å². The number of carbonyl (C=O) groups excluding carboxylic acids is 1. The van der Waals surface area contributed by atoms with Gasteiger partial charge < -0.3 is 14.7 Å². The van der Waals surface area contributed by atoms with E-state index in [1.165, 1.54) is 0 Å². The number of hydrogen-bond donors (Lipinski definition) is 1. The summed E-state index contributed by atoms with van der Waals surface area (Å²) >= 11 is 0. The van der Waals surface area contributed by atoms with Crippen LogP contribution in [0.3, 0.4) is 0 Å². The predicted octanol–water partition coefficient (Wildman–Crippen LogP) is 2.20. The maximum atomic E-state index is 13.2. The summed E-state index contributed by atoms with van der Waals surface area (Å²) in [6.07, 6.45) is 1.91. The quantitative estimate of drug-likeness (QED) is 0.891. The van der Waals surface area contributed by atoms with Crippen molar-refractivity contribution in [3.8, 4) is 0 Å². The number of ether oxygens (including phenoxy) is 1. The van der Waals surface area contributed by atoms with E-state index < -0.39 is 11.5 Å². The second-order valence-corrected chi connectivity index (χ2v) is 7.68. The number of rotatable bonds is 4. The number of carboxylic acid groups (broad SMARTS) is 1. The van der Waals surface area contributed by atoms with Crippen LogP contribution in [0.5, 0.6) is 0 Å². The van der Waals surface area contributed by atoms with Crippen LogP contribution >= 0.6 is 0 Å². The molecular formula is C20H28N2O4. The highest BCUT2D eigenvalue weighted by Crippen LogP contribution is 2.30. The number of carboxylic acids is 1. The Morgan fingerprint density at radius 3 is 2.62 bits per heavy atom. The predicted molar refractivity (Wildman–Crippen MR) is 98.4 cm³/mol. The van der Waals surface area contributed by atoms with E-state index in [0.29, 0.717) is 25.3 Å². The molecule has 1 atom stereocenters. The number of morpholine rings is 1. The second-order valence-electron chi connectivity index (χ2n) is 7.68. The van der Waals surface area contributed by atoms with E-state index in [1.807, 2.05) is 24.8 Å². The van der Waals surface area contributed by atoms with Crippen molar-refractivity contribution in [3.05, 3.63) is 35.4 Å². The Bertz CT molecular complexity index is 668. The molecule has 2 fully saturated rings. The number of nitrogens with zero attached hydrogens (tertiary/aromatic N) is 2. The fraction of sp³-hybridized carbons (Fsp3) is 0.600. The number of piperidine rings is 1. The van der Waals surface area contributed by atoms with Crippen molar-refractivity contribution >= 4 is 11.9 Å². The Balaban J connectivity index is 1.72. The van der Waals surface area contributed by atoms with Crippen molar-refractivity contribution in [2.24, 2.45) is 0 Å². The Labute approximate surface area is 154 Å². The van der Waals surface area contributed by atoms with E-state index in [2.05, 4.69) is 4.90 Å². The molecule has 1 N–H and O–H groups in total. The maximum Gasteiger partial charge on any atom is 0.335 e. The standard InChI is InChI=1S/C20H28N2O4/c1-20(2,22-9-11-26-12-10-22)19(25)21-8-4-7-17(14-21)15-5-3-6-16(13-15)18(23)24/h3,5-6,13,17H,4,7-12,14H2,1-2H3,(H,23,24)/t17-/m1/s1. The molecule has 2 heterocycles. The molecule has 0 aliphatic carbocycles. The molecule has 142 valence electrons. The summed E-state index contributed by atoms with van der Waals surface area (Å²) < 4.78 is 5.41. The summed E-state index contributed by atoms with van der Waals surface area (Å²) in [4.78, 5) is 28.6. The van der Waals surface area contributed by atoms with Gasteiger partial charge in [0.05, 0.1) is 24.3 Å². The van der Waals surface area contributed by atoms with Crippen molar-refractivity contribution in [3.63, 3.8) is 0 Å². The van der Waals surface area contributed by atoms with Gasteiger partial charge in [-0.15, -0.1) is 0 Å². The zero-order valence-electron chi connectivity index (χ0n) is 15.6. The van der Waals surface area contributed by atoms with Gasteiger partial charge >= 0.3 is 5.97 Å². The summed E-state index contributed by atoms with van der Waals surface area (Å²) in [7, 11) is 0. The van der Waals surface area contributed by atoms with Crippen LogP contribution in [-0.4, -0.2) is 71.7 Å². The van der Waals surface area contributed by atoms with Crippen LogP contribution in [0.4, 0.5) is 0 Å². The van der Waals surface area contributed by atoms with E-state index in [0.717, 1.165) is 38.0 Å². The van der Waals surface area contributed by atoms with Gasteiger partial charge in [0.1, 0.15) is 0 Å². The fourth-order valence-corrected chi connectivity index (χ4v) is 4.00. The van der Waals surface area contributed by atoms with E-state index in [-0.39, 0.29) is 11.8 Å². The lowest BCUT2D eigenvalue weighted by molar-refractivity contribution is -0.146. The van der Waals surface area contributed by atoms with Crippen LogP contribution in [0.2, 0.25) is 0 Å². The number of aromatic carboxylic acids is 1. The molecule has 6 heteroatoms. The Morgan fingerprint density at radius 2 is 1.92 bits per heavy atom. The van der Waals surface area contributed by atoms with Gasteiger partial charge in [0.25, 0.3) is 0 Å². The molecule has 3 rings (SSSR count). The summed E-state index contributed by atoms with van der Waals surface area (Å²) in [6.45, 7) is 8.29. The maximum absolute atomic E-state index is 13.2. The van der Waals surface area contributed by atoms with Gasteiger partial charge in [-0.1, -0.05) is 12.1 Å². The normalized spacial score (nSPS) is 22.2. The summed E-state index contributed by atoms with van der Waals surface area (Å²) in [6, 6.07) is 7.11. The largest absolute Gasteiger partial charge is 0.478 e. The molecule has 6 nitrogen and oxygen atoms in total. The number of hydrogen-bond acceptors (Lipinski definition) is 4. The van der Waals surface area contributed by atoms with Crippen molar-refractivity contribution < 1.29 is 19.4 Å². The first-order valence-electron chi connectivity index (χ1n) is 9.35. The zero-order chi connectivity index (χ0) is 18.7. The first-order chi connectivity index (χ1) is 12.4. The second kappa shape index (κ2) is 7.76. The van der Waals surface area contributed by atoms with Gasteiger partial charge in [-0.05, 0) is 44.4 Å². The Kier molecular flexibility index (Phi) is 5.63. The minimum atomic E-state index is -0.913. The van der Waals surface area contributed by atoms with Crippen LogP contribution in [0, 0.1) is 0 Å². The molecule has 0 saturated carbocycles. The third-order valence-electron chi connectivity index (χ3n) is 5.64. The van der Waals surface area contributed by atoms with Gasteiger partial charge in [0, 0.05) is 32.1 Å². The summed E-state index contributed by atoms with van der Waals surface area (Å²) in [5.41, 5.74) is 0.764. The molecule has 2 aliphatic rings. The molecule has 1 aromatic rings. The molecule has 1 amide bonds. The molecule has 0 unspecified atom stereocenters. The SMILES string of the molecule is CC(C)(C(=O)N1CCC[C@@H](c2cccc(C(=O)O)c2)C1)N1CCOCC1. The lowest BCUT2D eigenvalue weighted by atomic mass is 9.88. The van der Waals surface area contributed by atoms with Gasteiger partial charge in [-0.3, -0.25) is 9.69 Å². The topological polar surface area (TPSA) is 70.1 Å². The molecule has 2 aliphatic heterocycles. The van der Waals surface area contributed by atoms with Crippen LogP contribution in [0.1, 0.15) is 48.5 Å². The van der Waals surface area contributed by atoms with Crippen LogP contribution in [0.15, 0.2) is 24.3 Å². The third-order valence-corrected chi connectivity index (χ3v) is 5.64. The zero-order valence-corrected chi connectivity index (χ0v) is 15.6. The molecule has 0 spiro atoms. The molecule has 0 bridgehead atoms.